The number of methoxy groups -OCH3 is 1. The predicted octanol–water partition coefficient (Wildman–Crippen LogP) is 3.58. The first-order valence-electron chi connectivity index (χ1n) is 9.20. The summed E-state index contributed by atoms with van der Waals surface area (Å²) in [6, 6.07) is 18.5. The fraction of sp³-hybridized carbons (Fsp3) is 0.0870. The Morgan fingerprint density at radius 1 is 0.968 bits per heavy atom. The minimum absolute atomic E-state index is 0.275. The molecule has 7 nitrogen and oxygen atoms in total. The zero-order valence-corrected chi connectivity index (χ0v) is 16.6. The maximum atomic E-state index is 12.8. The summed E-state index contributed by atoms with van der Waals surface area (Å²) in [5.41, 5.74) is 3.32. The van der Waals surface area contributed by atoms with E-state index in [-0.39, 0.29) is 6.61 Å². The number of esters is 1. The van der Waals surface area contributed by atoms with Crippen molar-refractivity contribution in [1.29, 1.82) is 0 Å². The predicted molar refractivity (Wildman–Crippen MR) is 112 cm³/mol. The third-order valence-corrected chi connectivity index (χ3v) is 3.98. The number of nitrogens with zero attached hydrogens (tertiary/aromatic N) is 1. The lowest BCUT2D eigenvalue weighted by molar-refractivity contribution is -0.123. The molecule has 158 valence electrons. The van der Waals surface area contributed by atoms with E-state index in [9.17, 15) is 14.0 Å². The Kier molecular flexibility index (Phi) is 7.31. The van der Waals surface area contributed by atoms with Crippen LogP contribution in [-0.4, -0.2) is 31.8 Å². The van der Waals surface area contributed by atoms with Crippen molar-refractivity contribution in [1.82, 2.24) is 5.43 Å². The SMILES string of the molecule is COc1ccc(C(=O)Oc2cccc(/C=N\NC(=O)COc3ccc(F)cc3)c2)cc1. The highest BCUT2D eigenvalue weighted by molar-refractivity contribution is 5.91. The van der Waals surface area contributed by atoms with Gasteiger partial charge in [0, 0.05) is 0 Å². The lowest BCUT2D eigenvalue weighted by atomic mass is 10.2. The number of hydrogen-bond acceptors (Lipinski definition) is 6. The van der Waals surface area contributed by atoms with Gasteiger partial charge in [-0.15, -0.1) is 0 Å². The van der Waals surface area contributed by atoms with Crippen molar-refractivity contribution in [2.24, 2.45) is 5.10 Å². The molecule has 0 atom stereocenters. The molecule has 8 heteroatoms. The molecule has 0 aliphatic carbocycles. The fourth-order valence-electron chi connectivity index (χ4n) is 2.44. The van der Waals surface area contributed by atoms with Gasteiger partial charge in [-0.05, 0) is 66.2 Å². The zero-order valence-electron chi connectivity index (χ0n) is 16.6. The standard InChI is InChI=1S/C23H19FN2O5/c1-29-19-9-5-17(6-10-19)23(28)31-21-4-2-3-16(13-21)14-25-26-22(27)15-30-20-11-7-18(24)8-12-20/h2-14H,15H2,1H3,(H,26,27)/b25-14-. The summed E-state index contributed by atoms with van der Waals surface area (Å²) in [5.74, 6) is -0.0496. The van der Waals surface area contributed by atoms with Crippen molar-refractivity contribution < 1.29 is 28.2 Å². The van der Waals surface area contributed by atoms with Crippen LogP contribution in [-0.2, 0) is 4.79 Å². The third-order valence-electron chi connectivity index (χ3n) is 3.98. The summed E-state index contributed by atoms with van der Waals surface area (Å²) in [6.07, 6.45) is 1.40. The van der Waals surface area contributed by atoms with Crippen LogP contribution >= 0.6 is 0 Å². The van der Waals surface area contributed by atoms with Crippen molar-refractivity contribution >= 4 is 18.1 Å². The fourth-order valence-corrected chi connectivity index (χ4v) is 2.44. The first kappa shape index (κ1) is 21.5. The molecule has 0 aliphatic rings. The van der Waals surface area contributed by atoms with Gasteiger partial charge in [0.15, 0.2) is 6.61 Å². The van der Waals surface area contributed by atoms with E-state index in [2.05, 4.69) is 10.5 Å². The Morgan fingerprint density at radius 2 is 1.68 bits per heavy atom. The molecule has 0 unspecified atom stereocenters. The van der Waals surface area contributed by atoms with E-state index < -0.39 is 17.7 Å². The summed E-state index contributed by atoms with van der Waals surface area (Å²) >= 11 is 0. The molecule has 31 heavy (non-hydrogen) atoms. The highest BCUT2D eigenvalue weighted by Gasteiger charge is 2.09. The van der Waals surface area contributed by atoms with Crippen LogP contribution in [0.25, 0.3) is 0 Å². The largest absolute Gasteiger partial charge is 0.497 e. The van der Waals surface area contributed by atoms with E-state index in [0.717, 1.165) is 0 Å². The van der Waals surface area contributed by atoms with Gasteiger partial charge in [0.1, 0.15) is 23.1 Å². The number of benzene rings is 3. The molecule has 0 saturated carbocycles. The topological polar surface area (TPSA) is 86.2 Å². The summed E-state index contributed by atoms with van der Waals surface area (Å²) in [4.78, 5) is 24.0. The van der Waals surface area contributed by atoms with E-state index >= 15 is 0 Å². The van der Waals surface area contributed by atoms with E-state index in [0.29, 0.717) is 28.4 Å². The number of carbonyl (C=O) groups excluding carboxylic acids is 2. The van der Waals surface area contributed by atoms with Crippen LogP contribution in [0, 0.1) is 5.82 Å². The van der Waals surface area contributed by atoms with E-state index in [1.54, 1.807) is 55.6 Å². The van der Waals surface area contributed by atoms with Gasteiger partial charge in [-0.1, -0.05) is 12.1 Å². The molecule has 0 aromatic heterocycles. The summed E-state index contributed by atoms with van der Waals surface area (Å²) < 4.78 is 28.5. The summed E-state index contributed by atoms with van der Waals surface area (Å²) in [5, 5.41) is 3.85. The van der Waals surface area contributed by atoms with Gasteiger partial charge in [-0.25, -0.2) is 14.6 Å². The van der Waals surface area contributed by atoms with Gasteiger partial charge >= 0.3 is 5.97 Å². The third kappa shape index (κ3) is 6.67. The van der Waals surface area contributed by atoms with Crippen LogP contribution in [0.1, 0.15) is 15.9 Å². The van der Waals surface area contributed by atoms with Crippen LogP contribution in [0.15, 0.2) is 77.9 Å². The molecular weight excluding hydrogens is 403 g/mol. The van der Waals surface area contributed by atoms with Crippen LogP contribution < -0.4 is 19.6 Å². The smallest absolute Gasteiger partial charge is 0.343 e. The molecule has 0 bridgehead atoms. The first-order chi connectivity index (χ1) is 15.0. The highest BCUT2D eigenvalue weighted by Crippen LogP contribution is 2.16. The number of nitrogens with one attached hydrogen (secondary N) is 1. The molecule has 0 heterocycles. The van der Waals surface area contributed by atoms with Gasteiger partial charge in [-0.3, -0.25) is 4.79 Å². The second-order valence-corrected chi connectivity index (χ2v) is 6.23. The lowest BCUT2D eigenvalue weighted by Gasteiger charge is -2.06. The number of carbonyl (C=O) groups is 2. The maximum Gasteiger partial charge on any atom is 0.343 e. The Hall–Kier alpha value is -4.20. The molecular formula is C23H19FN2O5. The van der Waals surface area contributed by atoms with Gasteiger partial charge in [0.25, 0.3) is 5.91 Å². The van der Waals surface area contributed by atoms with Gasteiger partial charge < -0.3 is 14.2 Å². The van der Waals surface area contributed by atoms with Crippen LogP contribution in [0.2, 0.25) is 0 Å². The second kappa shape index (κ2) is 10.5. The van der Waals surface area contributed by atoms with Crippen molar-refractivity contribution in [3.8, 4) is 17.2 Å². The Balaban J connectivity index is 1.50. The minimum atomic E-state index is -0.511. The quantitative estimate of drug-likeness (QED) is 0.260. The van der Waals surface area contributed by atoms with Gasteiger partial charge in [0.05, 0.1) is 18.9 Å². The monoisotopic (exact) mass is 422 g/mol. The van der Waals surface area contributed by atoms with Gasteiger partial charge in [-0.2, -0.15) is 5.10 Å². The highest BCUT2D eigenvalue weighted by atomic mass is 19.1. The number of halogens is 1. The lowest BCUT2D eigenvalue weighted by Crippen LogP contribution is -2.24. The number of hydrazone groups is 1. The van der Waals surface area contributed by atoms with Crippen molar-refractivity contribution in [3.05, 3.63) is 89.7 Å². The molecule has 0 spiro atoms. The molecule has 3 rings (SSSR count). The first-order valence-corrected chi connectivity index (χ1v) is 9.20. The van der Waals surface area contributed by atoms with Gasteiger partial charge in [0.2, 0.25) is 0 Å². The number of hydrogen-bond donors (Lipinski definition) is 1. The maximum absolute atomic E-state index is 12.8. The molecule has 0 aliphatic heterocycles. The van der Waals surface area contributed by atoms with E-state index in [1.165, 1.54) is 30.5 Å². The van der Waals surface area contributed by atoms with Crippen molar-refractivity contribution in [3.63, 3.8) is 0 Å². The minimum Gasteiger partial charge on any atom is -0.497 e. The van der Waals surface area contributed by atoms with Crippen molar-refractivity contribution in [2.45, 2.75) is 0 Å². The zero-order chi connectivity index (χ0) is 22.1. The van der Waals surface area contributed by atoms with Crippen LogP contribution in [0.4, 0.5) is 4.39 Å². The molecule has 0 fully saturated rings. The Morgan fingerprint density at radius 3 is 2.39 bits per heavy atom. The molecule has 0 saturated heterocycles. The normalized spacial score (nSPS) is 10.5. The Bertz CT molecular complexity index is 1070. The van der Waals surface area contributed by atoms with Crippen LogP contribution in [0.5, 0.6) is 17.2 Å². The van der Waals surface area contributed by atoms with E-state index in [1.807, 2.05) is 0 Å². The average molecular weight is 422 g/mol. The second-order valence-electron chi connectivity index (χ2n) is 6.23. The van der Waals surface area contributed by atoms with E-state index in [4.69, 9.17) is 14.2 Å². The number of amides is 1. The van der Waals surface area contributed by atoms with Crippen LogP contribution in [0.3, 0.4) is 0 Å². The molecule has 1 N–H and O–H groups in total. The van der Waals surface area contributed by atoms with Crippen molar-refractivity contribution in [2.75, 3.05) is 13.7 Å². The number of ether oxygens (including phenoxy) is 3. The molecule has 1 amide bonds. The average Bonchev–Trinajstić information content (AvgIpc) is 2.79. The molecule has 3 aromatic rings. The number of rotatable bonds is 8. The molecule has 3 aromatic carbocycles. The summed E-state index contributed by atoms with van der Waals surface area (Å²) in [6.45, 7) is -0.275. The molecule has 0 radical (unpaired) electrons. The Labute approximate surface area is 178 Å². The summed E-state index contributed by atoms with van der Waals surface area (Å²) in [7, 11) is 1.54.